The first-order chi connectivity index (χ1) is 9.45. The number of carbonyl (C=O) groups is 2. The van der Waals surface area contributed by atoms with Crippen molar-refractivity contribution in [3.8, 4) is 0 Å². The molecule has 0 aliphatic carbocycles. The fourth-order valence-electron chi connectivity index (χ4n) is 2.55. The summed E-state index contributed by atoms with van der Waals surface area (Å²) in [5.74, 6) is 0.122. The van der Waals surface area contributed by atoms with Crippen molar-refractivity contribution in [3.63, 3.8) is 0 Å². The van der Waals surface area contributed by atoms with Crippen LogP contribution in [0, 0.1) is 5.92 Å². The van der Waals surface area contributed by atoms with Gasteiger partial charge in [-0.15, -0.1) is 0 Å². The first-order valence-corrected chi connectivity index (χ1v) is 7.63. The summed E-state index contributed by atoms with van der Waals surface area (Å²) < 4.78 is 0. The lowest BCUT2D eigenvalue weighted by atomic mass is 10.1. The number of hydrogen-bond donors (Lipinski definition) is 0. The number of amides is 2. The maximum Gasteiger partial charge on any atom is 0.227 e. The van der Waals surface area contributed by atoms with E-state index in [1.807, 2.05) is 26.0 Å². The molecule has 0 aromatic rings. The summed E-state index contributed by atoms with van der Waals surface area (Å²) in [4.78, 5) is 29.9. The summed E-state index contributed by atoms with van der Waals surface area (Å²) in [6, 6.07) is 0. The summed E-state index contributed by atoms with van der Waals surface area (Å²) in [6.45, 7) is 5.24. The van der Waals surface area contributed by atoms with Crippen LogP contribution < -0.4 is 0 Å². The van der Waals surface area contributed by atoms with Gasteiger partial charge in [0.25, 0.3) is 0 Å². The Hall–Kier alpha value is -1.10. The van der Waals surface area contributed by atoms with Crippen molar-refractivity contribution >= 4 is 11.8 Å². The van der Waals surface area contributed by atoms with E-state index in [1.165, 1.54) is 0 Å². The molecule has 1 fully saturated rings. The van der Waals surface area contributed by atoms with Crippen molar-refractivity contribution < 1.29 is 9.59 Å². The summed E-state index contributed by atoms with van der Waals surface area (Å²) in [6.07, 6.45) is 3.45. The molecule has 1 rings (SSSR count). The molecule has 1 saturated heterocycles. The third-order valence-corrected chi connectivity index (χ3v) is 3.82. The molecule has 20 heavy (non-hydrogen) atoms. The van der Waals surface area contributed by atoms with Crippen LogP contribution in [0.1, 0.15) is 32.6 Å². The molecule has 1 heterocycles. The molecule has 0 spiro atoms. The Balaban J connectivity index is 2.39. The van der Waals surface area contributed by atoms with Gasteiger partial charge in [0, 0.05) is 33.1 Å². The number of hydrogen-bond acceptors (Lipinski definition) is 3. The zero-order valence-electron chi connectivity index (χ0n) is 13.4. The number of unbranched alkanes of at least 4 members (excludes halogenated alkanes) is 1. The van der Waals surface area contributed by atoms with Crippen LogP contribution in [0.5, 0.6) is 0 Å². The Morgan fingerprint density at radius 3 is 2.55 bits per heavy atom. The van der Waals surface area contributed by atoms with Gasteiger partial charge in [-0.1, -0.05) is 13.3 Å². The second-order valence-corrected chi connectivity index (χ2v) is 6.01. The first kappa shape index (κ1) is 17.0. The van der Waals surface area contributed by atoms with Crippen LogP contribution in [0.4, 0.5) is 0 Å². The lowest BCUT2D eigenvalue weighted by Gasteiger charge is -2.21. The molecule has 116 valence electrons. The number of nitrogens with zero attached hydrogens (tertiary/aromatic N) is 3. The molecule has 1 aliphatic heterocycles. The monoisotopic (exact) mass is 283 g/mol. The van der Waals surface area contributed by atoms with Gasteiger partial charge < -0.3 is 14.7 Å². The third kappa shape index (κ3) is 5.12. The molecule has 0 aromatic heterocycles. The van der Waals surface area contributed by atoms with E-state index < -0.39 is 0 Å². The zero-order chi connectivity index (χ0) is 15.1. The van der Waals surface area contributed by atoms with Gasteiger partial charge in [-0.2, -0.15) is 0 Å². The summed E-state index contributed by atoms with van der Waals surface area (Å²) in [7, 11) is 5.90. The van der Waals surface area contributed by atoms with Crippen molar-refractivity contribution in [2.24, 2.45) is 5.92 Å². The van der Waals surface area contributed by atoms with Crippen LogP contribution in [0.15, 0.2) is 0 Å². The lowest BCUT2D eigenvalue weighted by molar-refractivity contribution is -0.134. The first-order valence-electron chi connectivity index (χ1n) is 7.63. The van der Waals surface area contributed by atoms with Gasteiger partial charge in [-0.05, 0) is 33.5 Å². The van der Waals surface area contributed by atoms with E-state index in [-0.39, 0.29) is 17.7 Å². The summed E-state index contributed by atoms with van der Waals surface area (Å²) >= 11 is 0. The van der Waals surface area contributed by atoms with Crippen LogP contribution in [0.2, 0.25) is 0 Å². The molecule has 0 aromatic carbocycles. The molecule has 1 aliphatic rings. The third-order valence-electron chi connectivity index (χ3n) is 3.82. The normalized spacial score (nSPS) is 18.9. The Morgan fingerprint density at radius 1 is 1.25 bits per heavy atom. The average molecular weight is 283 g/mol. The molecule has 0 saturated carbocycles. The minimum absolute atomic E-state index is 0.127. The predicted octanol–water partition coefficient (Wildman–Crippen LogP) is 1.05. The van der Waals surface area contributed by atoms with E-state index in [0.29, 0.717) is 13.0 Å². The standard InChI is InChI=1S/C15H29N3O2/c1-5-6-9-17(4)15(20)13-11-14(19)18(12-13)10-7-8-16(2)3/h13H,5-12H2,1-4H3. The minimum atomic E-state index is -0.135. The number of carbonyl (C=O) groups excluding carboxylic acids is 2. The lowest BCUT2D eigenvalue weighted by Crippen LogP contribution is -2.35. The molecule has 1 atom stereocenters. The smallest absolute Gasteiger partial charge is 0.227 e. The maximum absolute atomic E-state index is 12.3. The van der Waals surface area contributed by atoms with E-state index in [4.69, 9.17) is 0 Å². The van der Waals surface area contributed by atoms with Gasteiger partial charge in [0.2, 0.25) is 11.8 Å². The number of rotatable bonds is 8. The van der Waals surface area contributed by atoms with Gasteiger partial charge >= 0.3 is 0 Å². The van der Waals surface area contributed by atoms with Crippen molar-refractivity contribution in [2.45, 2.75) is 32.6 Å². The molecule has 0 bridgehead atoms. The summed E-state index contributed by atoms with van der Waals surface area (Å²) in [5.41, 5.74) is 0. The van der Waals surface area contributed by atoms with Crippen LogP contribution in [-0.4, -0.2) is 73.8 Å². The molecule has 5 nitrogen and oxygen atoms in total. The van der Waals surface area contributed by atoms with Gasteiger partial charge in [-0.25, -0.2) is 0 Å². The van der Waals surface area contributed by atoms with Crippen LogP contribution in [0.25, 0.3) is 0 Å². The van der Waals surface area contributed by atoms with E-state index in [2.05, 4.69) is 11.8 Å². The molecular formula is C15H29N3O2. The topological polar surface area (TPSA) is 43.9 Å². The van der Waals surface area contributed by atoms with Crippen LogP contribution in [0.3, 0.4) is 0 Å². The highest BCUT2D eigenvalue weighted by Gasteiger charge is 2.35. The fourth-order valence-corrected chi connectivity index (χ4v) is 2.55. The minimum Gasteiger partial charge on any atom is -0.345 e. The largest absolute Gasteiger partial charge is 0.345 e. The van der Waals surface area contributed by atoms with Crippen molar-refractivity contribution in [1.82, 2.24) is 14.7 Å². The van der Waals surface area contributed by atoms with Gasteiger partial charge in [0.1, 0.15) is 0 Å². The Morgan fingerprint density at radius 2 is 1.95 bits per heavy atom. The molecule has 1 unspecified atom stereocenters. The number of likely N-dealkylation sites (tertiary alicyclic amines) is 1. The van der Waals surface area contributed by atoms with Crippen molar-refractivity contribution in [1.29, 1.82) is 0 Å². The van der Waals surface area contributed by atoms with Gasteiger partial charge in [-0.3, -0.25) is 9.59 Å². The second-order valence-electron chi connectivity index (χ2n) is 6.01. The van der Waals surface area contributed by atoms with E-state index in [0.717, 1.165) is 38.9 Å². The van der Waals surface area contributed by atoms with E-state index >= 15 is 0 Å². The Labute approximate surface area is 122 Å². The summed E-state index contributed by atoms with van der Waals surface area (Å²) in [5, 5.41) is 0. The molecule has 5 heteroatoms. The molecule has 0 radical (unpaired) electrons. The van der Waals surface area contributed by atoms with Crippen molar-refractivity contribution in [3.05, 3.63) is 0 Å². The SMILES string of the molecule is CCCCN(C)C(=O)C1CC(=O)N(CCCN(C)C)C1. The zero-order valence-corrected chi connectivity index (χ0v) is 13.4. The highest BCUT2D eigenvalue weighted by atomic mass is 16.2. The van der Waals surface area contributed by atoms with E-state index in [9.17, 15) is 9.59 Å². The molecular weight excluding hydrogens is 254 g/mol. The molecule has 2 amide bonds. The van der Waals surface area contributed by atoms with Gasteiger partial charge in [0.05, 0.1) is 5.92 Å². The Kier molecular flexibility index (Phi) is 6.99. The average Bonchev–Trinajstić information content (AvgIpc) is 2.76. The Bertz CT molecular complexity index is 331. The van der Waals surface area contributed by atoms with E-state index in [1.54, 1.807) is 4.90 Å². The quantitative estimate of drug-likeness (QED) is 0.669. The van der Waals surface area contributed by atoms with Crippen LogP contribution in [-0.2, 0) is 9.59 Å². The van der Waals surface area contributed by atoms with Crippen molar-refractivity contribution in [2.75, 3.05) is 47.3 Å². The van der Waals surface area contributed by atoms with Crippen LogP contribution >= 0.6 is 0 Å². The fraction of sp³-hybridized carbons (Fsp3) is 0.867. The second kappa shape index (κ2) is 8.25. The van der Waals surface area contributed by atoms with Gasteiger partial charge in [0.15, 0.2) is 0 Å². The highest BCUT2D eigenvalue weighted by Crippen LogP contribution is 2.20. The predicted molar refractivity (Wildman–Crippen MR) is 80.4 cm³/mol. The highest BCUT2D eigenvalue weighted by molar-refractivity contribution is 5.89. The molecule has 0 N–H and O–H groups in total. The maximum atomic E-state index is 12.3.